The number of anilines is 1. The quantitative estimate of drug-likeness (QED) is 0.818. The number of carbonyl (C=O) groups is 1. The Bertz CT molecular complexity index is 649. The van der Waals surface area contributed by atoms with Crippen LogP contribution in [-0.2, 0) is 11.3 Å². The average Bonchev–Trinajstić information content (AvgIpc) is 2.46. The van der Waals surface area contributed by atoms with Gasteiger partial charge in [-0.15, -0.1) is 0 Å². The van der Waals surface area contributed by atoms with Crippen molar-refractivity contribution in [2.24, 2.45) is 5.73 Å². The van der Waals surface area contributed by atoms with E-state index in [0.717, 1.165) is 15.7 Å². The normalized spacial score (nSPS) is 10.2. The van der Waals surface area contributed by atoms with Gasteiger partial charge < -0.3 is 15.8 Å². The van der Waals surface area contributed by atoms with Crippen molar-refractivity contribution in [2.75, 3.05) is 11.9 Å². The second-order valence-electron chi connectivity index (χ2n) is 4.37. The maximum atomic E-state index is 10.7. The van der Waals surface area contributed by atoms with Crippen LogP contribution in [0.2, 0.25) is 5.02 Å². The molecule has 0 aliphatic heterocycles. The molecular formula is C15H14BrClN2O2. The van der Waals surface area contributed by atoms with Crippen molar-refractivity contribution < 1.29 is 9.53 Å². The summed E-state index contributed by atoms with van der Waals surface area (Å²) in [5, 5.41) is 3.96. The molecule has 2 aromatic rings. The van der Waals surface area contributed by atoms with Gasteiger partial charge in [0, 0.05) is 27.8 Å². The Hall–Kier alpha value is -1.72. The van der Waals surface area contributed by atoms with Crippen LogP contribution in [0.5, 0.6) is 5.75 Å². The first kappa shape index (κ1) is 15.7. The van der Waals surface area contributed by atoms with Crippen LogP contribution in [0.4, 0.5) is 5.69 Å². The highest BCUT2D eigenvalue weighted by Crippen LogP contribution is 2.23. The number of halogens is 2. The first-order valence-electron chi connectivity index (χ1n) is 6.23. The zero-order valence-corrected chi connectivity index (χ0v) is 13.4. The van der Waals surface area contributed by atoms with Crippen molar-refractivity contribution in [1.82, 2.24) is 0 Å². The van der Waals surface area contributed by atoms with Crippen molar-refractivity contribution in [1.29, 1.82) is 0 Å². The highest BCUT2D eigenvalue weighted by Gasteiger charge is 2.03. The molecule has 21 heavy (non-hydrogen) atoms. The minimum Gasteiger partial charge on any atom is -0.484 e. The molecule has 0 unspecified atom stereocenters. The summed E-state index contributed by atoms with van der Waals surface area (Å²) < 4.78 is 6.23. The van der Waals surface area contributed by atoms with Crippen LogP contribution >= 0.6 is 27.5 Å². The minimum atomic E-state index is -0.505. The van der Waals surface area contributed by atoms with Crippen molar-refractivity contribution in [3.63, 3.8) is 0 Å². The molecule has 0 bridgehead atoms. The predicted octanol–water partition coefficient (Wildman–Crippen LogP) is 3.58. The van der Waals surface area contributed by atoms with Gasteiger partial charge in [0.2, 0.25) is 0 Å². The molecule has 4 nitrogen and oxygen atoms in total. The number of ether oxygens (including phenoxy) is 1. The number of nitrogens with one attached hydrogen (secondary N) is 1. The summed E-state index contributed by atoms with van der Waals surface area (Å²) in [4.78, 5) is 10.7. The Morgan fingerprint density at radius 3 is 2.86 bits per heavy atom. The summed E-state index contributed by atoms with van der Waals surface area (Å²) in [6.45, 7) is 0.443. The van der Waals surface area contributed by atoms with Crippen LogP contribution in [0.25, 0.3) is 0 Å². The molecule has 0 atom stereocenters. The first-order valence-corrected chi connectivity index (χ1v) is 7.40. The largest absolute Gasteiger partial charge is 0.484 e. The molecule has 0 aliphatic carbocycles. The van der Waals surface area contributed by atoms with Gasteiger partial charge in [0.05, 0.1) is 0 Å². The topological polar surface area (TPSA) is 64.4 Å². The van der Waals surface area contributed by atoms with Crippen LogP contribution in [0.1, 0.15) is 5.56 Å². The molecule has 2 rings (SSSR count). The van der Waals surface area contributed by atoms with Gasteiger partial charge in [-0.05, 0) is 35.9 Å². The van der Waals surface area contributed by atoms with E-state index < -0.39 is 5.91 Å². The number of benzene rings is 2. The second-order valence-corrected chi connectivity index (χ2v) is 5.69. The number of primary amides is 1. The van der Waals surface area contributed by atoms with E-state index in [0.29, 0.717) is 17.3 Å². The highest BCUT2D eigenvalue weighted by molar-refractivity contribution is 9.10. The molecule has 0 spiro atoms. The van der Waals surface area contributed by atoms with E-state index >= 15 is 0 Å². The smallest absolute Gasteiger partial charge is 0.255 e. The molecule has 1 amide bonds. The molecule has 0 aliphatic rings. The van der Waals surface area contributed by atoms with Crippen LogP contribution in [0.3, 0.4) is 0 Å². The Balaban J connectivity index is 2.01. The van der Waals surface area contributed by atoms with Crippen LogP contribution in [0, 0.1) is 0 Å². The molecule has 110 valence electrons. The van der Waals surface area contributed by atoms with Crippen LogP contribution < -0.4 is 15.8 Å². The number of hydrogen-bond donors (Lipinski definition) is 2. The number of nitrogens with two attached hydrogens (primary N) is 1. The number of carbonyl (C=O) groups excluding carboxylic acids is 1. The van der Waals surface area contributed by atoms with Crippen LogP contribution in [0.15, 0.2) is 46.9 Å². The third-order valence-corrected chi connectivity index (χ3v) is 3.57. The van der Waals surface area contributed by atoms with E-state index in [1.807, 2.05) is 30.3 Å². The lowest BCUT2D eigenvalue weighted by Gasteiger charge is -2.10. The summed E-state index contributed by atoms with van der Waals surface area (Å²) in [6.07, 6.45) is 0. The molecule has 0 radical (unpaired) electrons. The summed E-state index contributed by atoms with van der Waals surface area (Å²) in [7, 11) is 0. The Labute approximate surface area is 136 Å². The van der Waals surface area contributed by atoms with E-state index in [9.17, 15) is 4.79 Å². The van der Waals surface area contributed by atoms with Crippen LogP contribution in [-0.4, -0.2) is 12.5 Å². The van der Waals surface area contributed by atoms with Gasteiger partial charge in [-0.1, -0.05) is 33.6 Å². The van der Waals surface area contributed by atoms with Gasteiger partial charge in [-0.25, -0.2) is 0 Å². The second kappa shape index (κ2) is 7.33. The lowest BCUT2D eigenvalue weighted by atomic mass is 10.2. The molecule has 6 heteroatoms. The number of hydrogen-bond acceptors (Lipinski definition) is 3. The van der Waals surface area contributed by atoms with Crippen molar-refractivity contribution >= 4 is 39.1 Å². The SMILES string of the molecule is NC(=O)COc1cccc(NCc2cc(Br)ccc2Cl)c1. The lowest BCUT2D eigenvalue weighted by molar-refractivity contribution is -0.119. The molecule has 0 saturated heterocycles. The Morgan fingerprint density at radius 1 is 1.29 bits per heavy atom. The summed E-state index contributed by atoms with van der Waals surface area (Å²) in [5.74, 6) is 0.0772. The summed E-state index contributed by atoms with van der Waals surface area (Å²) >= 11 is 9.56. The van der Waals surface area contributed by atoms with E-state index in [1.54, 1.807) is 12.1 Å². The van der Waals surface area contributed by atoms with Gasteiger partial charge in [0.1, 0.15) is 5.75 Å². The van der Waals surface area contributed by atoms with Gasteiger partial charge in [0.25, 0.3) is 5.91 Å². The minimum absolute atomic E-state index is 0.138. The molecule has 3 N–H and O–H groups in total. The van der Waals surface area contributed by atoms with Gasteiger partial charge in [-0.2, -0.15) is 0 Å². The zero-order chi connectivity index (χ0) is 15.2. The zero-order valence-electron chi connectivity index (χ0n) is 11.1. The maximum absolute atomic E-state index is 10.7. The molecule has 2 aromatic carbocycles. The van der Waals surface area contributed by atoms with E-state index in [1.165, 1.54) is 0 Å². The van der Waals surface area contributed by atoms with E-state index in [4.69, 9.17) is 22.1 Å². The first-order chi connectivity index (χ1) is 10.0. The molecule has 0 heterocycles. The van der Waals surface area contributed by atoms with Gasteiger partial charge in [0.15, 0.2) is 6.61 Å². The van der Waals surface area contributed by atoms with Gasteiger partial charge in [-0.3, -0.25) is 4.79 Å². The van der Waals surface area contributed by atoms with Crippen molar-refractivity contribution in [3.8, 4) is 5.75 Å². The fraction of sp³-hybridized carbons (Fsp3) is 0.133. The summed E-state index contributed by atoms with van der Waals surface area (Å²) in [6, 6.07) is 13.0. The standard InChI is InChI=1S/C15H14BrClN2O2/c16-11-4-5-14(17)10(6-11)8-19-12-2-1-3-13(7-12)21-9-15(18)20/h1-7,19H,8-9H2,(H2,18,20). The lowest BCUT2D eigenvalue weighted by Crippen LogP contribution is -2.20. The summed E-state index contributed by atoms with van der Waals surface area (Å²) in [5.41, 5.74) is 6.89. The third kappa shape index (κ3) is 4.95. The average molecular weight is 370 g/mol. The number of amides is 1. The molecular weight excluding hydrogens is 356 g/mol. The van der Waals surface area contributed by atoms with Crippen molar-refractivity contribution in [3.05, 3.63) is 57.5 Å². The van der Waals surface area contributed by atoms with Gasteiger partial charge >= 0.3 is 0 Å². The third-order valence-electron chi connectivity index (χ3n) is 2.71. The monoisotopic (exact) mass is 368 g/mol. The highest BCUT2D eigenvalue weighted by atomic mass is 79.9. The van der Waals surface area contributed by atoms with E-state index in [-0.39, 0.29) is 6.61 Å². The maximum Gasteiger partial charge on any atom is 0.255 e. The Morgan fingerprint density at radius 2 is 2.10 bits per heavy atom. The number of rotatable bonds is 6. The van der Waals surface area contributed by atoms with Crippen molar-refractivity contribution in [2.45, 2.75) is 6.54 Å². The predicted molar refractivity (Wildman–Crippen MR) is 87.6 cm³/mol. The fourth-order valence-corrected chi connectivity index (χ4v) is 2.32. The fourth-order valence-electron chi connectivity index (χ4n) is 1.73. The molecule has 0 saturated carbocycles. The van der Waals surface area contributed by atoms with E-state index in [2.05, 4.69) is 21.2 Å². The molecule has 0 fully saturated rings. The molecule has 0 aromatic heterocycles. The Kier molecular flexibility index (Phi) is 5.47.